The van der Waals surface area contributed by atoms with E-state index in [0.717, 1.165) is 18.7 Å². The van der Waals surface area contributed by atoms with Gasteiger partial charge < -0.3 is 14.2 Å². The zero-order valence-electron chi connectivity index (χ0n) is 13.4. The molecule has 2 heterocycles. The van der Waals surface area contributed by atoms with Crippen LogP contribution in [0.25, 0.3) is 0 Å². The van der Waals surface area contributed by atoms with E-state index in [4.69, 9.17) is 4.74 Å². The Labute approximate surface area is 126 Å². The highest BCUT2D eigenvalue weighted by Crippen LogP contribution is 2.34. The highest BCUT2D eigenvalue weighted by atomic mass is 16.6. The summed E-state index contributed by atoms with van der Waals surface area (Å²) in [6, 6.07) is 0. The second-order valence-electron chi connectivity index (χ2n) is 6.93. The topological polar surface area (TPSA) is 47.4 Å². The Balaban J connectivity index is 2.11. The molecule has 0 spiro atoms. The lowest BCUT2D eigenvalue weighted by Gasteiger charge is -2.27. The van der Waals surface area contributed by atoms with Crippen LogP contribution in [0.3, 0.4) is 0 Å². The van der Waals surface area contributed by atoms with Crippen molar-refractivity contribution in [2.75, 3.05) is 13.1 Å². The van der Waals surface area contributed by atoms with Gasteiger partial charge >= 0.3 is 6.09 Å². The number of carbonyl (C=O) groups excluding carboxylic acids is 1. The monoisotopic (exact) mass is 291 g/mol. The van der Waals surface area contributed by atoms with Crippen LogP contribution < -0.4 is 0 Å². The third-order valence-electron chi connectivity index (χ3n) is 3.78. The third-order valence-corrected chi connectivity index (χ3v) is 3.78. The fourth-order valence-corrected chi connectivity index (χ4v) is 2.76. The summed E-state index contributed by atoms with van der Waals surface area (Å²) in [5.41, 5.74) is 0.602. The van der Waals surface area contributed by atoms with E-state index in [1.54, 1.807) is 4.90 Å². The molecule has 1 atom stereocenters. The van der Waals surface area contributed by atoms with Crippen molar-refractivity contribution in [1.29, 1.82) is 0 Å². The summed E-state index contributed by atoms with van der Waals surface area (Å²) in [7, 11) is 0. The Kier molecular flexibility index (Phi) is 4.12. The van der Waals surface area contributed by atoms with Crippen LogP contribution in [0, 0.1) is 0 Å². The Morgan fingerprint density at radius 3 is 2.90 bits per heavy atom. The van der Waals surface area contributed by atoms with E-state index < -0.39 is 5.60 Å². The molecule has 1 fully saturated rings. The number of carbonyl (C=O) groups is 1. The predicted octanol–water partition coefficient (Wildman–Crippen LogP) is 2.97. The van der Waals surface area contributed by atoms with Gasteiger partial charge in [0.05, 0.1) is 6.33 Å². The number of hydrogen-bond donors (Lipinski definition) is 0. The Hall–Kier alpha value is -1.78. The van der Waals surface area contributed by atoms with Crippen LogP contribution in [0.5, 0.6) is 0 Å². The molecule has 1 saturated heterocycles. The zero-order chi connectivity index (χ0) is 15.7. The van der Waals surface area contributed by atoms with E-state index in [1.165, 1.54) is 0 Å². The summed E-state index contributed by atoms with van der Waals surface area (Å²) < 4.78 is 7.55. The van der Waals surface area contributed by atoms with E-state index >= 15 is 0 Å². The molecule has 1 unspecified atom stereocenters. The van der Waals surface area contributed by atoms with Crippen molar-refractivity contribution < 1.29 is 9.53 Å². The van der Waals surface area contributed by atoms with Gasteiger partial charge in [-0.25, -0.2) is 9.78 Å². The molecule has 2 rings (SSSR count). The molecule has 116 valence electrons. The Bertz CT molecular complexity index is 530. The van der Waals surface area contributed by atoms with Crippen molar-refractivity contribution >= 4 is 6.09 Å². The van der Waals surface area contributed by atoms with E-state index in [2.05, 4.69) is 23.1 Å². The van der Waals surface area contributed by atoms with Gasteiger partial charge in [0.15, 0.2) is 0 Å². The van der Waals surface area contributed by atoms with Crippen LogP contribution >= 0.6 is 0 Å². The molecule has 0 aromatic carbocycles. The average Bonchev–Trinajstić information content (AvgIpc) is 2.95. The molecule has 0 radical (unpaired) electrons. The first-order valence-corrected chi connectivity index (χ1v) is 7.35. The van der Waals surface area contributed by atoms with Gasteiger partial charge in [-0.3, -0.25) is 0 Å². The largest absolute Gasteiger partial charge is 0.444 e. The van der Waals surface area contributed by atoms with Crippen molar-refractivity contribution in [3.63, 3.8) is 0 Å². The third kappa shape index (κ3) is 3.46. The number of amides is 1. The van der Waals surface area contributed by atoms with Gasteiger partial charge in [-0.1, -0.05) is 13.0 Å². The van der Waals surface area contributed by atoms with Gasteiger partial charge in [-0.15, -0.1) is 6.58 Å². The zero-order valence-corrected chi connectivity index (χ0v) is 13.4. The molecule has 1 amide bonds. The number of imidazole rings is 1. The number of aromatic nitrogens is 2. The number of hydrogen-bond acceptors (Lipinski definition) is 3. The maximum absolute atomic E-state index is 12.2. The number of allylic oxidation sites excluding steroid dienone is 1. The summed E-state index contributed by atoms with van der Waals surface area (Å²) in [4.78, 5) is 18.2. The van der Waals surface area contributed by atoms with Crippen molar-refractivity contribution in [1.82, 2.24) is 14.5 Å². The molecule has 0 saturated carbocycles. The van der Waals surface area contributed by atoms with E-state index in [-0.39, 0.29) is 11.5 Å². The standard InChI is InChI=1S/C16H25N3O2/c1-6-8-19-12-17-10-13(19)16(5)7-9-18(11-16)14(20)21-15(2,3)4/h6,10,12H,1,7-9,11H2,2-5H3. The van der Waals surface area contributed by atoms with Gasteiger partial charge in [0.25, 0.3) is 0 Å². The van der Waals surface area contributed by atoms with Crippen LogP contribution in [-0.2, 0) is 16.7 Å². The minimum atomic E-state index is -0.458. The quantitative estimate of drug-likeness (QED) is 0.804. The van der Waals surface area contributed by atoms with Crippen LogP contribution in [-0.4, -0.2) is 39.2 Å². The SMILES string of the molecule is C=CCn1cncc1C1(C)CCN(C(=O)OC(C)(C)C)C1. The molecule has 1 aromatic rings. The second-order valence-corrected chi connectivity index (χ2v) is 6.93. The lowest BCUT2D eigenvalue weighted by Crippen LogP contribution is -2.37. The van der Waals surface area contributed by atoms with Gasteiger partial charge in [0.2, 0.25) is 0 Å². The smallest absolute Gasteiger partial charge is 0.410 e. The summed E-state index contributed by atoms with van der Waals surface area (Å²) in [6.07, 6.45) is 6.24. The molecule has 0 aliphatic carbocycles. The summed E-state index contributed by atoms with van der Waals surface area (Å²) in [5.74, 6) is 0. The van der Waals surface area contributed by atoms with Gasteiger partial charge in [-0.05, 0) is 27.2 Å². The van der Waals surface area contributed by atoms with Crippen molar-refractivity contribution in [2.45, 2.75) is 51.7 Å². The average molecular weight is 291 g/mol. The maximum atomic E-state index is 12.2. The summed E-state index contributed by atoms with van der Waals surface area (Å²) in [5, 5.41) is 0. The molecule has 0 N–H and O–H groups in total. The minimum absolute atomic E-state index is 0.0869. The highest BCUT2D eigenvalue weighted by Gasteiger charge is 2.40. The molecule has 1 aliphatic rings. The fraction of sp³-hybridized carbons (Fsp3) is 0.625. The number of likely N-dealkylation sites (tertiary alicyclic amines) is 1. The van der Waals surface area contributed by atoms with Gasteiger partial charge in [-0.2, -0.15) is 0 Å². The van der Waals surface area contributed by atoms with Gasteiger partial charge in [0.1, 0.15) is 5.60 Å². The Morgan fingerprint density at radius 1 is 1.57 bits per heavy atom. The summed E-state index contributed by atoms with van der Waals surface area (Å²) >= 11 is 0. The fourth-order valence-electron chi connectivity index (χ4n) is 2.76. The molecule has 1 aromatic heterocycles. The molecular weight excluding hydrogens is 266 g/mol. The maximum Gasteiger partial charge on any atom is 0.410 e. The Morgan fingerprint density at radius 2 is 2.29 bits per heavy atom. The molecule has 5 heteroatoms. The first-order chi connectivity index (χ1) is 9.75. The molecule has 21 heavy (non-hydrogen) atoms. The lowest BCUT2D eigenvalue weighted by atomic mass is 9.86. The van der Waals surface area contributed by atoms with Crippen LogP contribution in [0.2, 0.25) is 0 Å². The highest BCUT2D eigenvalue weighted by molar-refractivity contribution is 5.68. The van der Waals surface area contributed by atoms with Crippen molar-refractivity contribution in [2.24, 2.45) is 0 Å². The molecule has 1 aliphatic heterocycles. The van der Waals surface area contributed by atoms with Crippen molar-refractivity contribution in [3.05, 3.63) is 30.9 Å². The minimum Gasteiger partial charge on any atom is -0.444 e. The molecule has 5 nitrogen and oxygen atoms in total. The lowest BCUT2D eigenvalue weighted by molar-refractivity contribution is 0.0285. The molecule has 0 bridgehead atoms. The second kappa shape index (κ2) is 5.54. The number of rotatable bonds is 3. The van der Waals surface area contributed by atoms with Gasteiger partial charge in [0, 0.05) is 36.9 Å². The van der Waals surface area contributed by atoms with Crippen LogP contribution in [0.15, 0.2) is 25.2 Å². The summed E-state index contributed by atoms with van der Waals surface area (Å²) in [6.45, 7) is 13.7. The van der Waals surface area contributed by atoms with Crippen LogP contribution in [0.4, 0.5) is 4.79 Å². The van der Waals surface area contributed by atoms with Crippen molar-refractivity contribution in [3.8, 4) is 0 Å². The van der Waals surface area contributed by atoms with E-state index in [0.29, 0.717) is 13.1 Å². The number of ether oxygens (including phenoxy) is 1. The molecular formula is C16H25N3O2. The predicted molar refractivity (Wildman–Crippen MR) is 82.2 cm³/mol. The van der Waals surface area contributed by atoms with E-state index in [9.17, 15) is 4.79 Å². The van der Waals surface area contributed by atoms with E-state index in [1.807, 2.05) is 39.4 Å². The first-order valence-electron chi connectivity index (χ1n) is 7.35. The normalized spacial score (nSPS) is 22.4. The first kappa shape index (κ1) is 15.6. The number of nitrogens with zero attached hydrogens (tertiary/aromatic N) is 3. The van der Waals surface area contributed by atoms with Crippen LogP contribution in [0.1, 0.15) is 39.8 Å².